The lowest BCUT2D eigenvalue weighted by atomic mass is 10.1. The highest BCUT2D eigenvalue weighted by molar-refractivity contribution is 6.31. The van der Waals surface area contributed by atoms with Crippen LogP contribution in [0.25, 0.3) is 0 Å². The molecule has 0 heterocycles. The van der Waals surface area contributed by atoms with Crippen molar-refractivity contribution in [2.75, 3.05) is 18.9 Å². The number of rotatable bonds is 7. The summed E-state index contributed by atoms with van der Waals surface area (Å²) in [6.45, 7) is 0.568. The SMILES string of the molecule is CN(CC(=O)Nc1cc(C(N)=O)cc(C(N)=O)c1)Cc1ccccc1Cl. The first kappa shape index (κ1) is 19.4. The minimum Gasteiger partial charge on any atom is -0.366 e. The molecule has 2 rings (SSSR count). The first-order chi connectivity index (χ1) is 12.3. The quantitative estimate of drug-likeness (QED) is 0.682. The van der Waals surface area contributed by atoms with Gasteiger partial charge in [-0.15, -0.1) is 0 Å². The summed E-state index contributed by atoms with van der Waals surface area (Å²) in [5.74, 6) is -1.77. The lowest BCUT2D eigenvalue weighted by Crippen LogP contribution is -2.30. The summed E-state index contributed by atoms with van der Waals surface area (Å²) in [5.41, 5.74) is 11.8. The third-order valence-electron chi connectivity index (χ3n) is 3.60. The van der Waals surface area contributed by atoms with Gasteiger partial charge in [-0.25, -0.2) is 0 Å². The molecule has 0 aromatic heterocycles. The molecule has 3 amide bonds. The Balaban J connectivity index is 2.06. The molecule has 7 nitrogen and oxygen atoms in total. The second kappa shape index (κ2) is 8.46. The van der Waals surface area contributed by atoms with E-state index in [4.69, 9.17) is 23.1 Å². The molecular weight excluding hydrogens is 356 g/mol. The van der Waals surface area contributed by atoms with E-state index in [1.807, 2.05) is 18.2 Å². The van der Waals surface area contributed by atoms with Gasteiger partial charge in [-0.1, -0.05) is 29.8 Å². The Morgan fingerprint density at radius 3 is 2.15 bits per heavy atom. The molecule has 8 heteroatoms. The Morgan fingerprint density at radius 1 is 1.04 bits per heavy atom. The molecule has 0 aliphatic heterocycles. The Morgan fingerprint density at radius 2 is 1.62 bits per heavy atom. The standard InChI is InChI=1S/C18H19ClN4O3/c1-23(9-11-4-2-3-5-15(11)19)10-16(24)22-14-7-12(17(20)25)6-13(8-14)18(21)26/h2-8H,9-10H2,1H3,(H2,20,25)(H2,21,26)(H,22,24). The molecule has 0 aliphatic carbocycles. The third kappa shape index (κ3) is 5.30. The molecule has 5 N–H and O–H groups in total. The highest BCUT2D eigenvalue weighted by Gasteiger charge is 2.13. The summed E-state index contributed by atoms with van der Waals surface area (Å²) in [7, 11) is 1.78. The van der Waals surface area contributed by atoms with Crippen LogP contribution >= 0.6 is 11.6 Å². The van der Waals surface area contributed by atoms with Crippen LogP contribution in [0.3, 0.4) is 0 Å². The number of benzene rings is 2. The average molecular weight is 375 g/mol. The van der Waals surface area contributed by atoms with E-state index in [1.165, 1.54) is 18.2 Å². The molecule has 0 aliphatic rings. The number of nitrogens with zero attached hydrogens (tertiary/aromatic N) is 1. The van der Waals surface area contributed by atoms with E-state index in [0.717, 1.165) is 5.56 Å². The van der Waals surface area contributed by atoms with E-state index in [2.05, 4.69) is 5.32 Å². The summed E-state index contributed by atoms with van der Waals surface area (Å²) in [5, 5.41) is 3.26. The Labute approximate surface area is 155 Å². The van der Waals surface area contributed by atoms with Crippen LogP contribution in [0.15, 0.2) is 42.5 Å². The van der Waals surface area contributed by atoms with Crippen LogP contribution in [-0.4, -0.2) is 36.2 Å². The molecule has 0 saturated heterocycles. The van der Waals surface area contributed by atoms with Crippen molar-refractivity contribution in [2.45, 2.75) is 6.54 Å². The molecule has 0 bridgehead atoms. The zero-order valence-electron chi connectivity index (χ0n) is 14.2. The number of nitrogens with two attached hydrogens (primary N) is 2. The summed E-state index contributed by atoms with van der Waals surface area (Å²) < 4.78 is 0. The van der Waals surface area contributed by atoms with Crippen molar-refractivity contribution in [1.29, 1.82) is 0 Å². The largest absolute Gasteiger partial charge is 0.366 e. The lowest BCUT2D eigenvalue weighted by Gasteiger charge is -2.17. The van der Waals surface area contributed by atoms with Gasteiger partial charge in [0.2, 0.25) is 17.7 Å². The molecule has 136 valence electrons. The normalized spacial score (nSPS) is 10.6. The Bertz CT molecular complexity index is 822. The number of nitrogens with one attached hydrogen (secondary N) is 1. The minimum atomic E-state index is -0.723. The minimum absolute atomic E-state index is 0.0813. The molecule has 26 heavy (non-hydrogen) atoms. The maximum Gasteiger partial charge on any atom is 0.248 e. The molecule has 0 fully saturated rings. The number of likely N-dealkylation sites (N-methyl/N-ethyl adjacent to an activating group) is 1. The molecule has 0 saturated carbocycles. The number of carbonyl (C=O) groups excluding carboxylic acids is 3. The van der Waals surface area contributed by atoms with E-state index >= 15 is 0 Å². The van der Waals surface area contributed by atoms with Gasteiger partial charge < -0.3 is 16.8 Å². The van der Waals surface area contributed by atoms with E-state index in [0.29, 0.717) is 11.6 Å². The number of hydrogen-bond acceptors (Lipinski definition) is 4. The highest BCUT2D eigenvalue weighted by atomic mass is 35.5. The molecular formula is C18H19ClN4O3. The maximum absolute atomic E-state index is 12.2. The van der Waals surface area contributed by atoms with E-state index in [1.54, 1.807) is 18.0 Å². The van der Waals surface area contributed by atoms with E-state index in [-0.39, 0.29) is 29.3 Å². The summed E-state index contributed by atoms with van der Waals surface area (Å²) in [6.07, 6.45) is 0. The molecule has 0 atom stereocenters. The molecule has 2 aromatic rings. The zero-order valence-corrected chi connectivity index (χ0v) is 14.9. The predicted molar refractivity (Wildman–Crippen MR) is 99.9 cm³/mol. The Kier molecular flexibility index (Phi) is 6.32. The van der Waals surface area contributed by atoms with Gasteiger partial charge in [0.25, 0.3) is 0 Å². The van der Waals surface area contributed by atoms with E-state index in [9.17, 15) is 14.4 Å². The smallest absolute Gasteiger partial charge is 0.248 e. The van der Waals surface area contributed by atoms with Gasteiger partial charge in [-0.05, 0) is 36.9 Å². The number of primary amides is 2. The summed E-state index contributed by atoms with van der Waals surface area (Å²) in [6, 6.07) is 11.4. The van der Waals surface area contributed by atoms with Gasteiger partial charge in [-0.3, -0.25) is 19.3 Å². The van der Waals surface area contributed by atoms with Gasteiger partial charge >= 0.3 is 0 Å². The second-order valence-electron chi connectivity index (χ2n) is 5.84. The number of halogens is 1. The average Bonchev–Trinajstić information content (AvgIpc) is 2.56. The number of amides is 3. The van der Waals surface area contributed by atoms with Crippen molar-refractivity contribution in [2.24, 2.45) is 11.5 Å². The van der Waals surface area contributed by atoms with Gasteiger partial charge in [0.05, 0.1) is 6.54 Å². The van der Waals surface area contributed by atoms with Gasteiger partial charge in [0.15, 0.2) is 0 Å². The van der Waals surface area contributed by atoms with Gasteiger partial charge in [0.1, 0.15) is 0 Å². The van der Waals surface area contributed by atoms with Crippen LogP contribution in [0.2, 0.25) is 5.02 Å². The van der Waals surface area contributed by atoms with Crippen LogP contribution in [0, 0.1) is 0 Å². The highest BCUT2D eigenvalue weighted by Crippen LogP contribution is 2.17. The van der Waals surface area contributed by atoms with Crippen LogP contribution in [0.5, 0.6) is 0 Å². The first-order valence-corrected chi connectivity index (χ1v) is 8.10. The van der Waals surface area contributed by atoms with Crippen molar-refractivity contribution >= 4 is 35.0 Å². The number of hydrogen-bond donors (Lipinski definition) is 3. The van der Waals surface area contributed by atoms with Gasteiger partial charge in [-0.2, -0.15) is 0 Å². The summed E-state index contributed by atoms with van der Waals surface area (Å²) >= 11 is 6.11. The summed E-state index contributed by atoms with van der Waals surface area (Å²) in [4.78, 5) is 36.8. The Hall–Kier alpha value is -2.90. The monoisotopic (exact) mass is 374 g/mol. The van der Waals surface area contributed by atoms with Crippen molar-refractivity contribution in [3.05, 3.63) is 64.2 Å². The third-order valence-corrected chi connectivity index (χ3v) is 3.97. The molecule has 0 radical (unpaired) electrons. The predicted octanol–water partition coefficient (Wildman–Crippen LogP) is 1.61. The second-order valence-corrected chi connectivity index (χ2v) is 6.25. The van der Waals surface area contributed by atoms with E-state index < -0.39 is 11.8 Å². The fraction of sp³-hybridized carbons (Fsp3) is 0.167. The van der Waals surface area contributed by atoms with Crippen LogP contribution in [0.4, 0.5) is 5.69 Å². The van der Waals surface area contributed by atoms with Crippen molar-refractivity contribution in [3.63, 3.8) is 0 Å². The van der Waals surface area contributed by atoms with Crippen LogP contribution in [0.1, 0.15) is 26.3 Å². The fourth-order valence-corrected chi connectivity index (χ4v) is 2.60. The maximum atomic E-state index is 12.2. The van der Waals surface area contributed by atoms with Gasteiger partial charge in [0, 0.05) is 28.4 Å². The van der Waals surface area contributed by atoms with Crippen molar-refractivity contribution in [1.82, 2.24) is 4.90 Å². The molecule has 0 unspecified atom stereocenters. The molecule has 2 aromatic carbocycles. The number of carbonyl (C=O) groups is 3. The first-order valence-electron chi connectivity index (χ1n) is 7.72. The molecule has 0 spiro atoms. The van der Waals surface area contributed by atoms with Crippen molar-refractivity contribution < 1.29 is 14.4 Å². The van der Waals surface area contributed by atoms with Crippen LogP contribution < -0.4 is 16.8 Å². The number of anilines is 1. The zero-order chi connectivity index (χ0) is 19.3. The topological polar surface area (TPSA) is 119 Å². The lowest BCUT2D eigenvalue weighted by molar-refractivity contribution is -0.117. The van der Waals surface area contributed by atoms with Crippen LogP contribution in [-0.2, 0) is 11.3 Å². The van der Waals surface area contributed by atoms with Crippen molar-refractivity contribution in [3.8, 4) is 0 Å². The fourth-order valence-electron chi connectivity index (χ4n) is 2.40.